The Bertz CT molecular complexity index is 1110. The number of aliphatic hydroxyl groups is 1. The molecule has 0 aliphatic rings. The zero-order valence-corrected chi connectivity index (χ0v) is 21.6. The number of hydrogen-bond acceptors (Lipinski definition) is 5. The summed E-state index contributed by atoms with van der Waals surface area (Å²) in [6.45, 7) is 2.63. The Kier molecular flexibility index (Phi) is 8.97. The summed E-state index contributed by atoms with van der Waals surface area (Å²) in [7, 11) is 0. The smallest absolute Gasteiger partial charge is 0.390 e. The van der Waals surface area contributed by atoms with Gasteiger partial charge in [0.05, 0.1) is 12.3 Å². The van der Waals surface area contributed by atoms with E-state index in [1.807, 2.05) is 28.8 Å². The van der Waals surface area contributed by atoms with E-state index >= 15 is 0 Å². The van der Waals surface area contributed by atoms with Crippen LogP contribution < -0.4 is 51.4 Å². The Morgan fingerprint density at radius 2 is 1.81 bits per heavy atom. The van der Waals surface area contributed by atoms with E-state index in [-0.39, 0.29) is 58.0 Å². The molecule has 0 spiro atoms. The first kappa shape index (κ1) is 24.3. The standard InChI is InChI=1S/C22H23ClN6O.K/c1-2-3-8-20-24-21(23)19(14-30)29(20)13-15-9-11-16(12-10-15)17-6-4-5-7-18(17)22-25-27-28-26-22;/h4-7,9-12,30H,2-3,8,13-14H2,1H3,(H,25,26,27,28);/q;+1. The van der Waals surface area contributed by atoms with Crippen molar-refractivity contribution < 1.29 is 56.5 Å². The number of aliphatic hydroxyl groups excluding tert-OH is 1. The Hall–Kier alpha value is -1.39. The summed E-state index contributed by atoms with van der Waals surface area (Å²) < 4.78 is 2.03. The van der Waals surface area contributed by atoms with Crippen LogP contribution in [-0.2, 0) is 19.6 Å². The van der Waals surface area contributed by atoms with E-state index in [1.165, 1.54) is 0 Å². The van der Waals surface area contributed by atoms with Gasteiger partial charge in [0.1, 0.15) is 5.82 Å². The number of hydrogen-bond donors (Lipinski definition) is 2. The first-order chi connectivity index (χ1) is 14.7. The van der Waals surface area contributed by atoms with E-state index in [0.29, 0.717) is 23.2 Å². The van der Waals surface area contributed by atoms with E-state index in [1.54, 1.807) is 0 Å². The third kappa shape index (κ3) is 5.51. The molecular formula is C22H23ClKN6O+. The summed E-state index contributed by atoms with van der Waals surface area (Å²) in [4.78, 5) is 4.47. The fourth-order valence-corrected chi connectivity index (χ4v) is 3.81. The van der Waals surface area contributed by atoms with Crippen molar-refractivity contribution in [1.29, 1.82) is 0 Å². The van der Waals surface area contributed by atoms with Crippen molar-refractivity contribution in [2.24, 2.45) is 0 Å². The number of imidazole rings is 1. The van der Waals surface area contributed by atoms with Crippen molar-refractivity contribution in [2.75, 3.05) is 0 Å². The summed E-state index contributed by atoms with van der Waals surface area (Å²) in [5.74, 6) is 1.48. The van der Waals surface area contributed by atoms with E-state index in [4.69, 9.17) is 11.6 Å². The molecule has 0 aliphatic carbocycles. The van der Waals surface area contributed by atoms with Crippen LogP contribution in [-0.4, -0.2) is 35.3 Å². The topological polar surface area (TPSA) is 92.5 Å². The Balaban J connectivity index is 0.00000272. The fourth-order valence-electron chi connectivity index (χ4n) is 3.55. The molecule has 2 aromatic heterocycles. The summed E-state index contributed by atoms with van der Waals surface area (Å²) in [5.41, 5.74) is 4.80. The molecular weight excluding hydrogens is 439 g/mol. The minimum atomic E-state index is -0.131. The predicted octanol–water partition coefficient (Wildman–Crippen LogP) is 1.27. The normalized spacial score (nSPS) is 10.8. The van der Waals surface area contributed by atoms with E-state index in [2.05, 4.69) is 56.8 Å². The number of benzene rings is 2. The fraction of sp³-hybridized carbons (Fsp3) is 0.273. The maximum absolute atomic E-state index is 9.77. The monoisotopic (exact) mass is 461 g/mol. The van der Waals surface area contributed by atoms with Gasteiger partial charge in [-0.15, -0.1) is 10.2 Å². The molecule has 0 saturated carbocycles. The van der Waals surface area contributed by atoms with Gasteiger partial charge in [-0.3, -0.25) is 0 Å². The average molecular weight is 462 g/mol. The maximum Gasteiger partial charge on any atom is 1.00 e. The van der Waals surface area contributed by atoms with Crippen molar-refractivity contribution in [3.8, 4) is 22.5 Å². The van der Waals surface area contributed by atoms with Gasteiger partial charge in [0.25, 0.3) is 0 Å². The Morgan fingerprint density at radius 3 is 2.45 bits per heavy atom. The minimum absolute atomic E-state index is 0. The van der Waals surface area contributed by atoms with Crippen LogP contribution in [0.4, 0.5) is 0 Å². The molecule has 0 radical (unpaired) electrons. The van der Waals surface area contributed by atoms with Gasteiger partial charge in [0.2, 0.25) is 5.82 Å². The van der Waals surface area contributed by atoms with Gasteiger partial charge in [-0.25, -0.2) is 4.98 Å². The molecule has 154 valence electrons. The Morgan fingerprint density at radius 1 is 1.06 bits per heavy atom. The molecule has 4 rings (SSSR count). The first-order valence-electron chi connectivity index (χ1n) is 9.98. The SMILES string of the molecule is CCCCc1nc(Cl)c(CO)n1Cc1ccc(-c2ccccc2-c2nn[nH]n2)cc1.[K+]. The summed E-state index contributed by atoms with van der Waals surface area (Å²) in [5, 5.41) is 24.5. The summed E-state index contributed by atoms with van der Waals surface area (Å²) in [6.07, 6.45) is 2.95. The second kappa shape index (κ2) is 11.5. The van der Waals surface area contributed by atoms with Crippen LogP contribution in [0.3, 0.4) is 0 Å². The molecule has 9 heteroatoms. The largest absolute Gasteiger partial charge is 1.00 e. The molecule has 7 nitrogen and oxygen atoms in total. The van der Waals surface area contributed by atoms with Crippen LogP contribution >= 0.6 is 11.6 Å². The van der Waals surface area contributed by atoms with Gasteiger partial charge in [0.15, 0.2) is 5.15 Å². The first-order valence-corrected chi connectivity index (χ1v) is 10.4. The van der Waals surface area contributed by atoms with Crippen molar-refractivity contribution in [3.05, 3.63) is 70.8 Å². The van der Waals surface area contributed by atoms with E-state index in [0.717, 1.165) is 47.3 Å². The van der Waals surface area contributed by atoms with E-state index in [9.17, 15) is 5.11 Å². The second-order valence-electron chi connectivity index (χ2n) is 7.09. The molecule has 0 amide bonds. The molecule has 0 unspecified atom stereocenters. The number of nitrogens with zero attached hydrogens (tertiary/aromatic N) is 5. The van der Waals surface area contributed by atoms with Crippen LogP contribution in [0.5, 0.6) is 0 Å². The van der Waals surface area contributed by atoms with Crippen molar-refractivity contribution in [3.63, 3.8) is 0 Å². The third-order valence-electron chi connectivity index (χ3n) is 5.13. The van der Waals surface area contributed by atoms with Gasteiger partial charge < -0.3 is 9.67 Å². The van der Waals surface area contributed by atoms with Crippen LogP contribution in [0.15, 0.2) is 48.5 Å². The predicted molar refractivity (Wildman–Crippen MR) is 116 cm³/mol. The molecule has 4 aromatic rings. The zero-order chi connectivity index (χ0) is 20.9. The second-order valence-corrected chi connectivity index (χ2v) is 7.45. The molecule has 0 fully saturated rings. The molecule has 2 heterocycles. The number of unbranched alkanes of at least 4 members (excludes halogenated alkanes) is 1. The summed E-state index contributed by atoms with van der Waals surface area (Å²) >= 11 is 6.26. The number of tetrazole rings is 1. The molecule has 31 heavy (non-hydrogen) atoms. The van der Waals surface area contributed by atoms with Gasteiger partial charge in [-0.1, -0.05) is 73.5 Å². The molecule has 0 saturated heterocycles. The minimum Gasteiger partial charge on any atom is -0.390 e. The zero-order valence-electron chi connectivity index (χ0n) is 17.7. The maximum atomic E-state index is 9.77. The van der Waals surface area contributed by atoms with Crippen molar-refractivity contribution in [2.45, 2.75) is 39.3 Å². The number of H-pyrrole nitrogens is 1. The van der Waals surface area contributed by atoms with Crippen molar-refractivity contribution in [1.82, 2.24) is 30.2 Å². The Labute approximate surface area is 228 Å². The number of nitrogens with one attached hydrogen (secondary N) is 1. The van der Waals surface area contributed by atoms with Crippen LogP contribution in [0.2, 0.25) is 5.15 Å². The summed E-state index contributed by atoms with van der Waals surface area (Å²) in [6, 6.07) is 16.3. The van der Waals surface area contributed by atoms with Gasteiger partial charge in [-0.05, 0) is 28.3 Å². The van der Waals surface area contributed by atoms with Gasteiger partial charge >= 0.3 is 51.4 Å². The molecule has 0 aliphatic heterocycles. The average Bonchev–Trinajstić information content (AvgIpc) is 3.41. The van der Waals surface area contributed by atoms with Gasteiger partial charge in [-0.2, -0.15) is 5.21 Å². The number of halogens is 1. The quantitative estimate of drug-likeness (QED) is 0.385. The van der Waals surface area contributed by atoms with Gasteiger partial charge in [0, 0.05) is 18.5 Å². The number of aryl methyl sites for hydroxylation is 1. The molecule has 0 bridgehead atoms. The third-order valence-corrected chi connectivity index (χ3v) is 5.43. The van der Waals surface area contributed by atoms with Crippen LogP contribution in [0, 0.1) is 0 Å². The molecule has 0 atom stereocenters. The van der Waals surface area contributed by atoms with Crippen LogP contribution in [0.1, 0.15) is 36.8 Å². The number of aromatic nitrogens is 6. The number of aromatic amines is 1. The van der Waals surface area contributed by atoms with E-state index < -0.39 is 0 Å². The van der Waals surface area contributed by atoms with Crippen molar-refractivity contribution >= 4 is 11.6 Å². The number of rotatable bonds is 8. The molecule has 2 aromatic carbocycles. The molecule has 2 N–H and O–H groups in total. The van der Waals surface area contributed by atoms with Crippen LogP contribution in [0.25, 0.3) is 22.5 Å².